The molecule has 0 spiro atoms. The molecule has 6 heteroatoms. The second-order valence-electron chi connectivity index (χ2n) is 4.37. The molecule has 0 saturated carbocycles. The van der Waals surface area contributed by atoms with Crippen LogP contribution in [0.4, 0.5) is 10.1 Å². The van der Waals surface area contributed by atoms with E-state index in [1.807, 2.05) is 0 Å². The zero-order chi connectivity index (χ0) is 15.2. The van der Waals surface area contributed by atoms with E-state index in [-0.39, 0.29) is 24.8 Å². The average molecular weight is 327 g/mol. The van der Waals surface area contributed by atoms with Gasteiger partial charge in [0.1, 0.15) is 5.82 Å². The molecule has 0 radical (unpaired) electrons. The summed E-state index contributed by atoms with van der Waals surface area (Å²) in [5, 5.41) is 6.39. The van der Waals surface area contributed by atoms with Crippen LogP contribution in [0.2, 0.25) is 10.0 Å². The number of nitrogens with one attached hydrogen (secondary N) is 2. The topological polar surface area (TPSA) is 41.1 Å². The van der Waals surface area contributed by atoms with Crippen LogP contribution in [0.1, 0.15) is 5.56 Å². The van der Waals surface area contributed by atoms with E-state index in [1.165, 1.54) is 6.07 Å². The van der Waals surface area contributed by atoms with Crippen molar-refractivity contribution in [2.75, 3.05) is 11.9 Å². The van der Waals surface area contributed by atoms with Crippen LogP contribution in [-0.2, 0) is 11.3 Å². The molecule has 1 amide bonds. The molecule has 0 aliphatic carbocycles. The van der Waals surface area contributed by atoms with Crippen LogP contribution in [0.5, 0.6) is 0 Å². The minimum Gasteiger partial charge on any atom is -0.324 e. The van der Waals surface area contributed by atoms with Gasteiger partial charge in [-0.1, -0.05) is 41.4 Å². The molecule has 110 valence electrons. The maximum absolute atomic E-state index is 13.4. The Morgan fingerprint density at radius 2 is 1.90 bits per heavy atom. The smallest absolute Gasteiger partial charge is 0.238 e. The number of carbonyl (C=O) groups is 1. The molecular weight excluding hydrogens is 314 g/mol. The molecule has 2 aromatic rings. The lowest BCUT2D eigenvalue weighted by Crippen LogP contribution is -2.28. The van der Waals surface area contributed by atoms with Gasteiger partial charge in [0.15, 0.2) is 0 Å². The fourth-order valence-corrected chi connectivity index (χ4v) is 2.08. The first kappa shape index (κ1) is 15.8. The summed E-state index contributed by atoms with van der Waals surface area (Å²) in [4.78, 5) is 11.8. The van der Waals surface area contributed by atoms with Crippen LogP contribution in [0.15, 0.2) is 42.5 Å². The predicted octanol–water partition coefficient (Wildman–Crippen LogP) is 3.86. The number of halogens is 3. The Balaban J connectivity index is 1.85. The predicted molar refractivity (Wildman–Crippen MR) is 83.2 cm³/mol. The van der Waals surface area contributed by atoms with E-state index in [1.54, 1.807) is 36.4 Å². The standard InChI is InChI=1S/C15H13Cl2FN2O/c16-11-5-6-12(17)14(7-11)20-15(21)9-19-8-10-3-1-2-4-13(10)18/h1-7,19H,8-9H2,(H,20,21). The minimum atomic E-state index is -0.303. The number of carbonyl (C=O) groups excluding carboxylic acids is 1. The molecule has 0 aromatic heterocycles. The highest BCUT2D eigenvalue weighted by Gasteiger charge is 2.07. The van der Waals surface area contributed by atoms with E-state index in [4.69, 9.17) is 23.2 Å². The van der Waals surface area contributed by atoms with Gasteiger partial charge in [-0.2, -0.15) is 0 Å². The lowest BCUT2D eigenvalue weighted by molar-refractivity contribution is -0.115. The quantitative estimate of drug-likeness (QED) is 0.875. The Labute approximate surface area is 132 Å². The lowest BCUT2D eigenvalue weighted by Gasteiger charge is -2.09. The Bertz CT molecular complexity index is 649. The van der Waals surface area contributed by atoms with Crippen molar-refractivity contribution in [1.29, 1.82) is 0 Å². The Hall–Kier alpha value is -1.62. The Morgan fingerprint density at radius 1 is 1.14 bits per heavy atom. The average Bonchev–Trinajstić information content (AvgIpc) is 2.45. The molecular formula is C15H13Cl2FN2O. The molecule has 0 saturated heterocycles. The fraction of sp³-hybridized carbons (Fsp3) is 0.133. The second-order valence-corrected chi connectivity index (χ2v) is 5.21. The monoisotopic (exact) mass is 326 g/mol. The van der Waals surface area contributed by atoms with Crippen LogP contribution in [0.3, 0.4) is 0 Å². The van der Waals surface area contributed by atoms with Crippen LogP contribution in [0.25, 0.3) is 0 Å². The summed E-state index contributed by atoms with van der Waals surface area (Å²) in [5.74, 6) is -0.584. The number of benzene rings is 2. The maximum atomic E-state index is 13.4. The highest BCUT2D eigenvalue weighted by Crippen LogP contribution is 2.25. The molecule has 0 aliphatic heterocycles. The van der Waals surface area contributed by atoms with E-state index >= 15 is 0 Å². The van der Waals surface area contributed by atoms with Crippen molar-refractivity contribution in [3.63, 3.8) is 0 Å². The third kappa shape index (κ3) is 4.70. The molecule has 0 unspecified atom stereocenters. The van der Waals surface area contributed by atoms with Crippen LogP contribution < -0.4 is 10.6 Å². The summed E-state index contributed by atoms with van der Waals surface area (Å²) in [7, 11) is 0. The van der Waals surface area contributed by atoms with Gasteiger partial charge in [-0.3, -0.25) is 4.79 Å². The minimum absolute atomic E-state index is 0.0389. The number of hydrogen-bond donors (Lipinski definition) is 2. The molecule has 0 fully saturated rings. The zero-order valence-electron chi connectivity index (χ0n) is 11.0. The van der Waals surface area contributed by atoms with Crippen molar-refractivity contribution in [2.45, 2.75) is 6.54 Å². The molecule has 0 heterocycles. The number of hydrogen-bond acceptors (Lipinski definition) is 2. The first-order valence-corrected chi connectivity index (χ1v) is 7.01. The van der Waals surface area contributed by atoms with Gasteiger partial charge in [0.2, 0.25) is 5.91 Å². The van der Waals surface area contributed by atoms with Gasteiger partial charge in [0.05, 0.1) is 17.3 Å². The van der Waals surface area contributed by atoms with Crippen molar-refractivity contribution >= 4 is 34.8 Å². The van der Waals surface area contributed by atoms with E-state index in [2.05, 4.69) is 10.6 Å². The fourth-order valence-electron chi connectivity index (χ4n) is 1.74. The van der Waals surface area contributed by atoms with Gasteiger partial charge in [0.25, 0.3) is 0 Å². The summed E-state index contributed by atoms with van der Waals surface area (Å²) in [6, 6.07) is 11.2. The molecule has 3 nitrogen and oxygen atoms in total. The SMILES string of the molecule is O=C(CNCc1ccccc1F)Nc1cc(Cl)ccc1Cl. The molecule has 2 rings (SSSR count). The number of anilines is 1. The largest absolute Gasteiger partial charge is 0.324 e. The van der Waals surface area contributed by atoms with Gasteiger partial charge in [-0.25, -0.2) is 4.39 Å². The lowest BCUT2D eigenvalue weighted by atomic mass is 10.2. The molecule has 0 aliphatic rings. The zero-order valence-corrected chi connectivity index (χ0v) is 12.5. The molecule has 0 bridgehead atoms. The van der Waals surface area contributed by atoms with Crippen LogP contribution in [0, 0.1) is 5.82 Å². The third-order valence-electron chi connectivity index (χ3n) is 2.76. The van der Waals surface area contributed by atoms with Gasteiger partial charge in [0, 0.05) is 17.1 Å². The molecule has 2 aromatic carbocycles. The van der Waals surface area contributed by atoms with Crippen LogP contribution in [-0.4, -0.2) is 12.5 Å². The van der Waals surface area contributed by atoms with Gasteiger partial charge in [-0.05, 0) is 24.3 Å². The summed E-state index contributed by atoms with van der Waals surface area (Å²) < 4.78 is 13.4. The number of rotatable bonds is 5. The van der Waals surface area contributed by atoms with E-state index in [0.29, 0.717) is 21.3 Å². The summed E-state index contributed by atoms with van der Waals surface area (Å²) >= 11 is 11.8. The Kier molecular flexibility index (Phi) is 5.56. The van der Waals surface area contributed by atoms with Gasteiger partial charge < -0.3 is 10.6 Å². The van der Waals surface area contributed by atoms with Crippen molar-refractivity contribution in [1.82, 2.24) is 5.32 Å². The normalized spacial score (nSPS) is 10.4. The maximum Gasteiger partial charge on any atom is 0.238 e. The number of amides is 1. The van der Waals surface area contributed by atoms with Gasteiger partial charge in [-0.15, -0.1) is 0 Å². The molecule has 21 heavy (non-hydrogen) atoms. The van der Waals surface area contributed by atoms with Crippen molar-refractivity contribution in [3.8, 4) is 0 Å². The van der Waals surface area contributed by atoms with Crippen LogP contribution >= 0.6 is 23.2 Å². The Morgan fingerprint density at radius 3 is 2.67 bits per heavy atom. The third-order valence-corrected chi connectivity index (χ3v) is 3.33. The van der Waals surface area contributed by atoms with E-state index in [0.717, 1.165) is 0 Å². The van der Waals surface area contributed by atoms with Crippen molar-refractivity contribution in [3.05, 3.63) is 63.9 Å². The molecule has 0 atom stereocenters. The first-order valence-electron chi connectivity index (χ1n) is 6.25. The van der Waals surface area contributed by atoms with E-state index in [9.17, 15) is 9.18 Å². The summed E-state index contributed by atoms with van der Waals surface area (Å²) in [6.07, 6.45) is 0. The van der Waals surface area contributed by atoms with E-state index < -0.39 is 0 Å². The van der Waals surface area contributed by atoms with Crippen molar-refractivity contribution < 1.29 is 9.18 Å². The van der Waals surface area contributed by atoms with Gasteiger partial charge >= 0.3 is 0 Å². The highest BCUT2D eigenvalue weighted by molar-refractivity contribution is 6.35. The molecule has 2 N–H and O–H groups in total. The highest BCUT2D eigenvalue weighted by atomic mass is 35.5. The second kappa shape index (κ2) is 7.41. The summed E-state index contributed by atoms with van der Waals surface area (Å²) in [6.45, 7) is 0.306. The van der Waals surface area contributed by atoms with Crippen molar-refractivity contribution in [2.24, 2.45) is 0 Å². The summed E-state index contributed by atoms with van der Waals surface area (Å²) in [5.41, 5.74) is 0.952. The first-order chi connectivity index (χ1) is 10.1.